The van der Waals surface area contributed by atoms with E-state index >= 15 is 0 Å². The summed E-state index contributed by atoms with van der Waals surface area (Å²) in [6, 6.07) is 9.73. The maximum absolute atomic E-state index is 6.15. The topological polar surface area (TPSA) is 55.6 Å². The molecule has 6 heteroatoms. The Kier molecular flexibility index (Phi) is 4.06. The quantitative estimate of drug-likeness (QED) is 0.800. The summed E-state index contributed by atoms with van der Waals surface area (Å²) in [5, 5.41) is 8.39. The number of anilines is 1. The molecule has 0 bridgehead atoms. The minimum atomic E-state index is 0.592. The van der Waals surface area contributed by atoms with E-state index in [0.29, 0.717) is 18.2 Å². The van der Waals surface area contributed by atoms with Crippen LogP contribution in [0.25, 0.3) is 5.82 Å². The third-order valence-electron chi connectivity index (χ3n) is 3.27. The number of rotatable bonds is 4. The molecule has 0 radical (unpaired) electrons. The summed E-state index contributed by atoms with van der Waals surface area (Å²) in [5.41, 5.74) is 2.99. The van der Waals surface area contributed by atoms with Crippen molar-refractivity contribution in [1.82, 2.24) is 19.7 Å². The van der Waals surface area contributed by atoms with Gasteiger partial charge in [0, 0.05) is 17.3 Å². The molecule has 0 saturated heterocycles. The number of aryl methyl sites for hydroxylation is 2. The summed E-state index contributed by atoms with van der Waals surface area (Å²) in [5.74, 6) is 1.37. The van der Waals surface area contributed by atoms with Gasteiger partial charge in [-0.3, -0.25) is 4.98 Å². The maximum Gasteiger partial charge on any atom is 0.174 e. The fourth-order valence-electron chi connectivity index (χ4n) is 2.23. The molecule has 3 aromatic rings. The van der Waals surface area contributed by atoms with Gasteiger partial charge in [-0.25, -0.2) is 9.67 Å². The van der Waals surface area contributed by atoms with E-state index in [9.17, 15) is 0 Å². The van der Waals surface area contributed by atoms with Crippen LogP contribution in [0.5, 0.6) is 0 Å². The Balaban J connectivity index is 1.80. The zero-order chi connectivity index (χ0) is 15.5. The van der Waals surface area contributed by atoms with Crippen LogP contribution >= 0.6 is 11.6 Å². The lowest BCUT2D eigenvalue weighted by atomic mass is 10.2. The fourth-order valence-corrected chi connectivity index (χ4v) is 2.43. The molecule has 0 amide bonds. The minimum Gasteiger partial charge on any atom is -0.365 e. The van der Waals surface area contributed by atoms with Crippen molar-refractivity contribution in [3.63, 3.8) is 0 Å². The highest BCUT2D eigenvalue weighted by molar-refractivity contribution is 6.31. The van der Waals surface area contributed by atoms with Gasteiger partial charge < -0.3 is 5.32 Å². The molecule has 0 aliphatic heterocycles. The molecule has 0 atom stereocenters. The number of aromatic nitrogens is 4. The van der Waals surface area contributed by atoms with E-state index in [-0.39, 0.29) is 0 Å². The Hall–Kier alpha value is -2.40. The Morgan fingerprint density at radius 3 is 2.73 bits per heavy atom. The third-order valence-corrected chi connectivity index (χ3v) is 3.63. The van der Waals surface area contributed by atoms with Crippen LogP contribution in [-0.2, 0) is 6.54 Å². The van der Waals surface area contributed by atoms with Crippen LogP contribution in [0.1, 0.15) is 17.0 Å². The summed E-state index contributed by atoms with van der Waals surface area (Å²) >= 11 is 6.15. The average Bonchev–Trinajstić information content (AvgIpc) is 2.85. The standard InChI is InChI=1S/C16H16ClN5/c1-11-7-12(2)22(21-11)16-10-18-9-15(20-16)19-8-13-5-3-4-6-14(13)17/h3-7,9-10H,8H2,1-2H3,(H,19,20). The molecule has 22 heavy (non-hydrogen) atoms. The van der Waals surface area contributed by atoms with Crippen molar-refractivity contribution in [3.05, 3.63) is 64.7 Å². The van der Waals surface area contributed by atoms with Crippen molar-refractivity contribution in [1.29, 1.82) is 0 Å². The number of hydrogen-bond donors (Lipinski definition) is 1. The smallest absolute Gasteiger partial charge is 0.174 e. The van der Waals surface area contributed by atoms with Gasteiger partial charge in [0.05, 0.1) is 18.1 Å². The van der Waals surface area contributed by atoms with E-state index in [1.54, 1.807) is 17.1 Å². The monoisotopic (exact) mass is 313 g/mol. The van der Waals surface area contributed by atoms with Crippen LogP contribution in [-0.4, -0.2) is 19.7 Å². The number of benzene rings is 1. The van der Waals surface area contributed by atoms with E-state index in [4.69, 9.17) is 11.6 Å². The highest BCUT2D eigenvalue weighted by Crippen LogP contribution is 2.17. The zero-order valence-electron chi connectivity index (χ0n) is 12.4. The van der Waals surface area contributed by atoms with Gasteiger partial charge >= 0.3 is 0 Å². The van der Waals surface area contributed by atoms with E-state index in [2.05, 4.69) is 20.4 Å². The lowest BCUT2D eigenvalue weighted by Gasteiger charge is -2.09. The van der Waals surface area contributed by atoms with Gasteiger partial charge in [-0.2, -0.15) is 5.10 Å². The van der Waals surface area contributed by atoms with Gasteiger partial charge in [-0.05, 0) is 31.5 Å². The van der Waals surface area contributed by atoms with Crippen molar-refractivity contribution >= 4 is 17.4 Å². The molecule has 112 valence electrons. The molecule has 1 N–H and O–H groups in total. The normalized spacial score (nSPS) is 10.7. The first kappa shape index (κ1) is 14.5. The number of hydrogen-bond acceptors (Lipinski definition) is 4. The van der Waals surface area contributed by atoms with Crippen molar-refractivity contribution in [3.8, 4) is 5.82 Å². The highest BCUT2D eigenvalue weighted by Gasteiger charge is 2.07. The van der Waals surface area contributed by atoms with E-state index < -0.39 is 0 Å². The molecule has 0 saturated carbocycles. The second-order valence-corrected chi connectivity index (χ2v) is 5.45. The Morgan fingerprint density at radius 2 is 2.00 bits per heavy atom. The summed E-state index contributed by atoms with van der Waals surface area (Å²) in [7, 11) is 0. The predicted molar refractivity (Wildman–Crippen MR) is 87.4 cm³/mol. The Bertz CT molecular complexity index is 797. The van der Waals surface area contributed by atoms with E-state index in [0.717, 1.165) is 22.0 Å². The highest BCUT2D eigenvalue weighted by atomic mass is 35.5. The number of nitrogens with zero attached hydrogens (tertiary/aromatic N) is 4. The molecule has 0 aliphatic carbocycles. The van der Waals surface area contributed by atoms with E-state index in [1.807, 2.05) is 44.2 Å². The molecule has 0 aliphatic rings. The van der Waals surface area contributed by atoms with Crippen molar-refractivity contribution in [2.75, 3.05) is 5.32 Å². The Labute approximate surface area is 134 Å². The van der Waals surface area contributed by atoms with Crippen LogP contribution in [0, 0.1) is 13.8 Å². The third kappa shape index (κ3) is 3.09. The van der Waals surface area contributed by atoms with Crippen LogP contribution in [0.15, 0.2) is 42.7 Å². The maximum atomic E-state index is 6.15. The largest absolute Gasteiger partial charge is 0.365 e. The summed E-state index contributed by atoms with van der Waals surface area (Å²) in [6.45, 7) is 4.54. The first-order valence-corrected chi connectivity index (χ1v) is 7.34. The lowest BCUT2D eigenvalue weighted by molar-refractivity contribution is 0.799. The minimum absolute atomic E-state index is 0.592. The van der Waals surface area contributed by atoms with Crippen LogP contribution < -0.4 is 5.32 Å². The van der Waals surface area contributed by atoms with Crippen LogP contribution in [0.3, 0.4) is 0 Å². The summed E-state index contributed by atoms with van der Waals surface area (Å²) in [4.78, 5) is 8.77. The molecule has 2 aromatic heterocycles. The second kappa shape index (κ2) is 6.15. The second-order valence-electron chi connectivity index (χ2n) is 5.05. The molecule has 2 heterocycles. The first-order chi connectivity index (χ1) is 10.6. The fraction of sp³-hybridized carbons (Fsp3) is 0.188. The lowest BCUT2D eigenvalue weighted by Crippen LogP contribution is -2.07. The van der Waals surface area contributed by atoms with Gasteiger partial charge in [0.25, 0.3) is 0 Å². The van der Waals surface area contributed by atoms with Crippen LogP contribution in [0.2, 0.25) is 5.02 Å². The molecule has 5 nitrogen and oxygen atoms in total. The average molecular weight is 314 g/mol. The SMILES string of the molecule is Cc1cc(C)n(-c2cncc(NCc3ccccc3Cl)n2)n1. The molecule has 0 unspecified atom stereocenters. The number of halogens is 1. The van der Waals surface area contributed by atoms with Gasteiger partial charge in [-0.15, -0.1) is 0 Å². The first-order valence-electron chi connectivity index (χ1n) is 6.96. The van der Waals surface area contributed by atoms with Gasteiger partial charge in [0.1, 0.15) is 5.82 Å². The Morgan fingerprint density at radius 1 is 1.18 bits per heavy atom. The molecule has 0 fully saturated rings. The van der Waals surface area contributed by atoms with Crippen molar-refractivity contribution in [2.45, 2.75) is 20.4 Å². The summed E-state index contributed by atoms with van der Waals surface area (Å²) in [6.07, 6.45) is 3.38. The van der Waals surface area contributed by atoms with E-state index in [1.165, 1.54) is 0 Å². The van der Waals surface area contributed by atoms with Gasteiger partial charge in [-0.1, -0.05) is 29.8 Å². The molecular weight excluding hydrogens is 298 g/mol. The molecule has 0 spiro atoms. The van der Waals surface area contributed by atoms with Gasteiger partial charge in [0.15, 0.2) is 5.82 Å². The number of nitrogens with one attached hydrogen (secondary N) is 1. The predicted octanol–water partition coefficient (Wildman–Crippen LogP) is 3.54. The molecule has 3 rings (SSSR count). The zero-order valence-corrected chi connectivity index (χ0v) is 13.2. The van der Waals surface area contributed by atoms with Crippen molar-refractivity contribution in [2.24, 2.45) is 0 Å². The van der Waals surface area contributed by atoms with Crippen molar-refractivity contribution < 1.29 is 0 Å². The van der Waals surface area contributed by atoms with Gasteiger partial charge in [0.2, 0.25) is 0 Å². The molecule has 1 aromatic carbocycles. The summed E-state index contributed by atoms with van der Waals surface area (Å²) < 4.78 is 1.78. The molecular formula is C16H16ClN5. The van der Waals surface area contributed by atoms with Crippen LogP contribution in [0.4, 0.5) is 5.82 Å².